The monoisotopic (exact) mass is 798 g/mol. The molecule has 0 atom stereocenters. The van der Waals surface area contributed by atoms with Crippen LogP contribution in [0.2, 0.25) is 0 Å². The number of ether oxygens (including phenoxy) is 2. The Kier molecular flexibility index (Phi) is 17.3. The summed E-state index contributed by atoms with van der Waals surface area (Å²) in [6.07, 6.45) is -0.180. The third kappa shape index (κ3) is 15.5. The standard InChI is InChI=1S/C42H54N8O8/c51-37-29-49(39(53)27-45-41(55)57-31-35-9-3-1-4-10-35)19-7-17-47-21-23-48(24-22-47)18-8-20-50(30-38(52)44-26-34-15-13-33(14-16-34)25-43-37)40(54)28-46-42(56)58-32-36-11-5-2-6-12-36/h1-6,9-16H,7-8,17-32H2,(H,43,51)(H,44,52)(H,45,55)(H,46,56). The number of alkyl carbamates (subject to hydrolysis) is 2. The van der Waals surface area contributed by atoms with Gasteiger partial charge in [-0.1, -0.05) is 84.9 Å². The van der Waals surface area contributed by atoms with Crippen LogP contribution in [-0.4, -0.2) is 134 Å². The Hall–Kier alpha value is -6.00. The van der Waals surface area contributed by atoms with E-state index in [2.05, 4.69) is 31.1 Å². The molecule has 16 heteroatoms. The molecule has 0 spiro atoms. The summed E-state index contributed by atoms with van der Waals surface area (Å²) >= 11 is 0. The van der Waals surface area contributed by atoms with Crippen LogP contribution in [0.1, 0.15) is 35.1 Å². The molecule has 0 saturated carbocycles. The molecule has 3 aromatic rings. The second kappa shape index (κ2) is 23.3. The van der Waals surface area contributed by atoms with Gasteiger partial charge in [0.25, 0.3) is 0 Å². The molecule has 0 radical (unpaired) electrons. The second-order valence-electron chi connectivity index (χ2n) is 14.2. The quantitative estimate of drug-likeness (QED) is 0.263. The number of rotatable bonds is 8. The number of nitrogens with zero attached hydrogens (tertiary/aromatic N) is 4. The van der Waals surface area contributed by atoms with Crippen molar-refractivity contribution < 1.29 is 38.2 Å². The molecule has 8 rings (SSSR count). The van der Waals surface area contributed by atoms with Gasteiger partial charge in [0.2, 0.25) is 23.6 Å². The maximum atomic E-state index is 13.3. The number of amides is 6. The molecule has 1 saturated heterocycles. The van der Waals surface area contributed by atoms with Gasteiger partial charge in [-0.3, -0.25) is 19.2 Å². The Morgan fingerprint density at radius 3 is 1.28 bits per heavy atom. The number of benzene rings is 3. The van der Waals surface area contributed by atoms with E-state index in [0.717, 1.165) is 61.5 Å². The van der Waals surface area contributed by atoms with Crippen LogP contribution in [-0.2, 0) is 55.0 Å². The Bertz CT molecular complexity index is 1660. The van der Waals surface area contributed by atoms with Gasteiger partial charge >= 0.3 is 12.2 Å². The zero-order valence-electron chi connectivity index (χ0n) is 32.9. The summed E-state index contributed by atoms with van der Waals surface area (Å²) in [6.45, 7) is 4.99. The SMILES string of the molecule is O=C1CN(C(=O)CNC(=O)OCc2ccccc2)CCCN2CCN(CCCN(C(=O)CNC(=O)OCc3ccccc3)CC(=O)NCc3ccc(cc3)CN1)CC2. The minimum absolute atomic E-state index is 0.0707. The van der Waals surface area contributed by atoms with Crippen molar-refractivity contribution in [2.45, 2.75) is 39.1 Å². The molecule has 0 unspecified atom stereocenters. The van der Waals surface area contributed by atoms with Gasteiger partial charge in [0, 0.05) is 52.4 Å². The predicted molar refractivity (Wildman–Crippen MR) is 215 cm³/mol. The lowest BCUT2D eigenvalue weighted by Crippen LogP contribution is -2.49. The Morgan fingerprint density at radius 1 is 0.517 bits per heavy atom. The zero-order chi connectivity index (χ0) is 41.0. The minimum atomic E-state index is -0.721. The molecule has 4 bridgehead atoms. The van der Waals surface area contributed by atoms with Crippen LogP contribution in [0.5, 0.6) is 0 Å². The Labute approximate surface area is 339 Å². The summed E-state index contributed by atoms with van der Waals surface area (Å²) in [7, 11) is 0. The van der Waals surface area contributed by atoms with Gasteiger partial charge < -0.3 is 50.3 Å². The first-order chi connectivity index (χ1) is 28.2. The van der Waals surface area contributed by atoms with E-state index in [-0.39, 0.29) is 64.3 Å². The third-order valence-corrected chi connectivity index (χ3v) is 9.84. The lowest BCUT2D eigenvalue weighted by Gasteiger charge is -2.35. The average molecular weight is 799 g/mol. The summed E-state index contributed by atoms with van der Waals surface area (Å²) in [5.41, 5.74) is 3.29. The van der Waals surface area contributed by atoms with Crippen molar-refractivity contribution in [3.63, 3.8) is 0 Å². The highest BCUT2D eigenvalue weighted by Gasteiger charge is 2.22. The first kappa shape index (κ1) is 43.1. The van der Waals surface area contributed by atoms with Crippen molar-refractivity contribution in [1.29, 1.82) is 0 Å². The van der Waals surface area contributed by atoms with Gasteiger partial charge in [0.05, 0.1) is 13.1 Å². The summed E-state index contributed by atoms with van der Waals surface area (Å²) in [5.74, 6) is -1.46. The zero-order valence-corrected chi connectivity index (χ0v) is 32.9. The molecule has 310 valence electrons. The van der Waals surface area contributed by atoms with E-state index in [1.54, 1.807) is 0 Å². The van der Waals surface area contributed by atoms with E-state index < -0.39 is 24.0 Å². The summed E-state index contributed by atoms with van der Waals surface area (Å²) < 4.78 is 10.5. The van der Waals surface area contributed by atoms with E-state index in [1.165, 1.54) is 9.80 Å². The van der Waals surface area contributed by atoms with Gasteiger partial charge in [-0.2, -0.15) is 0 Å². The Morgan fingerprint density at radius 2 is 0.897 bits per heavy atom. The fourth-order valence-electron chi connectivity index (χ4n) is 6.49. The van der Waals surface area contributed by atoms with Crippen molar-refractivity contribution >= 4 is 35.8 Å². The van der Waals surface area contributed by atoms with Crippen LogP contribution in [0.4, 0.5) is 9.59 Å². The molecule has 58 heavy (non-hydrogen) atoms. The fourth-order valence-corrected chi connectivity index (χ4v) is 6.49. The molecule has 5 aliphatic heterocycles. The number of carbonyl (C=O) groups excluding carboxylic acids is 6. The highest BCUT2D eigenvalue weighted by Crippen LogP contribution is 2.08. The average Bonchev–Trinajstić information content (AvgIpc) is 3.25. The Balaban J connectivity index is 1.15. The molecular weight excluding hydrogens is 745 g/mol. The maximum absolute atomic E-state index is 13.3. The summed E-state index contributed by atoms with van der Waals surface area (Å²) in [5, 5.41) is 10.8. The van der Waals surface area contributed by atoms with E-state index >= 15 is 0 Å². The minimum Gasteiger partial charge on any atom is -0.445 e. The van der Waals surface area contributed by atoms with Crippen LogP contribution < -0.4 is 21.3 Å². The van der Waals surface area contributed by atoms with E-state index in [0.29, 0.717) is 25.9 Å². The van der Waals surface area contributed by atoms with Crippen LogP contribution in [0.3, 0.4) is 0 Å². The number of piperazine rings is 1. The molecule has 6 amide bonds. The lowest BCUT2D eigenvalue weighted by atomic mass is 10.1. The van der Waals surface area contributed by atoms with Crippen molar-refractivity contribution in [3.8, 4) is 0 Å². The largest absolute Gasteiger partial charge is 0.445 e. The molecular formula is C42H54N8O8. The third-order valence-electron chi connectivity index (χ3n) is 9.84. The molecule has 4 N–H and O–H groups in total. The van der Waals surface area contributed by atoms with Crippen molar-refractivity contribution in [1.82, 2.24) is 40.9 Å². The van der Waals surface area contributed by atoms with Crippen molar-refractivity contribution in [2.75, 3.05) is 78.5 Å². The summed E-state index contributed by atoms with van der Waals surface area (Å²) in [6, 6.07) is 25.8. The highest BCUT2D eigenvalue weighted by atomic mass is 16.6. The van der Waals surface area contributed by atoms with Crippen LogP contribution in [0, 0.1) is 0 Å². The molecule has 1 fully saturated rings. The fraction of sp³-hybridized carbons (Fsp3) is 0.429. The number of nitrogens with one attached hydrogen (secondary N) is 4. The molecule has 5 heterocycles. The number of carbonyl (C=O) groups is 6. The van der Waals surface area contributed by atoms with Gasteiger partial charge in [-0.25, -0.2) is 9.59 Å². The lowest BCUT2D eigenvalue weighted by molar-refractivity contribution is -0.135. The smallest absolute Gasteiger partial charge is 0.407 e. The second-order valence-corrected chi connectivity index (χ2v) is 14.2. The topological polar surface area (TPSA) is 182 Å². The number of hydrogen-bond donors (Lipinski definition) is 4. The van der Waals surface area contributed by atoms with Gasteiger partial charge in [0.15, 0.2) is 0 Å². The normalized spacial score (nSPS) is 18.6. The van der Waals surface area contributed by atoms with Gasteiger partial charge in [-0.05, 0) is 48.2 Å². The molecule has 16 nitrogen and oxygen atoms in total. The van der Waals surface area contributed by atoms with Crippen molar-refractivity contribution in [3.05, 3.63) is 107 Å². The first-order valence-corrected chi connectivity index (χ1v) is 19.7. The van der Waals surface area contributed by atoms with E-state index in [9.17, 15) is 28.8 Å². The summed E-state index contributed by atoms with van der Waals surface area (Å²) in [4.78, 5) is 85.0. The molecule has 0 aliphatic carbocycles. The van der Waals surface area contributed by atoms with Gasteiger partial charge in [-0.15, -0.1) is 0 Å². The number of hydrogen-bond acceptors (Lipinski definition) is 10. The van der Waals surface area contributed by atoms with Crippen molar-refractivity contribution in [2.24, 2.45) is 0 Å². The van der Waals surface area contributed by atoms with Crippen LogP contribution in [0.25, 0.3) is 0 Å². The predicted octanol–water partition coefficient (Wildman–Crippen LogP) is 1.84. The maximum Gasteiger partial charge on any atom is 0.407 e. The molecule has 5 aliphatic rings. The van der Waals surface area contributed by atoms with Gasteiger partial charge in [0.1, 0.15) is 26.3 Å². The first-order valence-electron chi connectivity index (χ1n) is 19.7. The highest BCUT2D eigenvalue weighted by molar-refractivity contribution is 5.88. The van der Waals surface area contributed by atoms with E-state index in [4.69, 9.17) is 9.47 Å². The van der Waals surface area contributed by atoms with Crippen LogP contribution >= 0.6 is 0 Å². The van der Waals surface area contributed by atoms with Crippen LogP contribution in [0.15, 0.2) is 84.9 Å². The van der Waals surface area contributed by atoms with E-state index in [1.807, 2.05) is 84.9 Å². The molecule has 3 aromatic carbocycles. The molecule has 0 aromatic heterocycles.